The summed E-state index contributed by atoms with van der Waals surface area (Å²) in [4.78, 5) is 14.3. The van der Waals surface area contributed by atoms with Crippen molar-refractivity contribution in [3.8, 4) is 17.2 Å². The largest absolute Gasteiger partial charge is 0.497 e. The first kappa shape index (κ1) is 18.1. The van der Waals surface area contributed by atoms with Gasteiger partial charge in [-0.25, -0.2) is 0 Å². The SMILES string of the molecule is COc1cccc(CN(C)CCC(=O)Nc2ccc3c(c2)OCCO3)c1. The number of nitrogens with one attached hydrogen (secondary N) is 1. The Hall–Kier alpha value is -2.73. The molecule has 0 aromatic heterocycles. The fraction of sp³-hybridized carbons (Fsp3) is 0.350. The van der Waals surface area contributed by atoms with Crippen molar-refractivity contribution in [3.05, 3.63) is 48.0 Å². The molecule has 2 aromatic rings. The molecule has 0 aliphatic carbocycles. The van der Waals surface area contributed by atoms with E-state index in [4.69, 9.17) is 14.2 Å². The highest BCUT2D eigenvalue weighted by molar-refractivity contribution is 5.91. The van der Waals surface area contributed by atoms with Gasteiger partial charge in [0, 0.05) is 31.3 Å². The third-order valence-electron chi connectivity index (χ3n) is 4.13. The van der Waals surface area contributed by atoms with Gasteiger partial charge in [-0.1, -0.05) is 12.1 Å². The van der Waals surface area contributed by atoms with Crippen LogP contribution in [0, 0.1) is 0 Å². The number of hydrogen-bond acceptors (Lipinski definition) is 5. The maximum atomic E-state index is 12.2. The number of fused-ring (bicyclic) bond motifs is 1. The number of amides is 1. The third-order valence-corrected chi connectivity index (χ3v) is 4.13. The lowest BCUT2D eigenvalue weighted by Crippen LogP contribution is -2.24. The van der Waals surface area contributed by atoms with Crippen LogP contribution >= 0.6 is 0 Å². The van der Waals surface area contributed by atoms with E-state index in [0.717, 1.165) is 23.5 Å². The minimum atomic E-state index is -0.0285. The quantitative estimate of drug-likeness (QED) is 0.827. The van der Waals surface area contributed by atoms with Crippen LogP contribution in [-0.4, -0.2) is 44.7 Å². The number of rotatable bonds is 7. The lowest BCUT2D eigenvalue weighted by Gasteiger charge is -2.19. The van der Waals surface area contributed by atoms with Gasteiger partial charge in [-0.15, -0.1) is 0 Å². The lowest BCUT2D eigenvalue weighted by molar-refractivity contribution is -0.116. The van der Waals surface area contributed by atoms with Crippen molar-refractivity contribution in [3.63, 3.8) is 0 Å². The Morgan fingerprint density at radius 1 is 1.15 bits per heavy atom. The molecule has 1 heterocycles. The van der Waals surface area contributed by atoms with Crippen molar-refractivity contribution in [2.24, 2.45) is 0 Å². The molecule has 1 N–H and O–H groups in total. The summed E-state index contributed by atoms with van der Waals surface area (Å²) in [6.45, 7) is 2.50. The van der Waals surface area contributed by atoms with Crippen LogP contribution in [0.2, 0.25) is 0 Å². The zero-order valence-corrected chi connectivity index (χ0v) is 15.2. The van der Waals surface area contributed by atoms with Crippen LogP contribution < -0.4 is 19.5 Å². The zero-order chi connectivity index (χ0) is 18.4. The second kappa shape index (κ2) is 8.58. The molecule has 0 saturated heterocycles. The number of anilines is 1. The van der Waals surface area contributed by atoms with Crippen LogP contribution in [0.5, 0.6) is 17.2 Å². The monoisotopic (exact) mass is 356 g/mol. The highest BCUT2D eigenvalue weighted by Crippen LogP contribution is 2.32. The first-order chi connectivity index (χ1) is 12.6. The van der Waals surface area contributed by atoms with E-state index in [2.05, 4.69) is 10.2 Å². The van der Waals surface area contributed by atoms with E-state index < -0.39 is 0 Å². The minimum Gasteiger partial charge on any atom is -0.497 e. The van der Waals surface area contributed by atoms with E-state index in [-0.39, 0.29) is 5.91 Å². The zero-order valence-electron chi connectivity index (χ0n) is 15.2. The van der Waals surface area contributed by atoms with E-state index in [9.17, 15) is 4.79 Å². The molecular formula is C20H24N2O4. The van der Waals surface area contributed by atoms with Gasteiger partial charge in [-0.05, 0) is 36.9 Å². The van der Waals surface area contributed by atoms with Gasteiger partial charge >= 0.3 is 0 Å². The number of benzene rings is 2. The summed E-state index contributed by atoms with van der Waals surface area (Å²) in [5.41, 5.74) is 1.87. The van der Waals surface area contributed by atoms with E-state index in [0.29, 0.717) is 37.7 Å². The average Bonchev–Trinajstić information content (AvgIpc) is 2.66. The molecule has 26 heavy (non-hydrogen) atoms. The van der Waals surface area contributed by atoms with E-state index in [1.165, 1.54) is 0 Å². The van der Waals surface area contributed by atoms with Gasteiger partial charge in [0.05, 0.1) is 7.11 Å². The van der Waals surface area contributed by atoms with Crippen LogP contribution in [0.25, 0.3) is 0 Å². The topological polar surface area (TPSA) is 60.0 Å². The number of carbonyl (C=O) groups is 1. The number of nitrogens with zero attached hydrogens (tertiary/aromatic N) is 1. The summed E-state index contributed by atoms with van der Waals surface area (Å²) in [5.74, 6) is 2.20. The van der Waals surface area contributed by atoms with Gasteiger partial charge in [0.25, 0.3) is 0 Å². The van der Waals surface area contributed by atoms with Gasteiger partial charge in [0.1, 0.15) is 19.0 Å². The van der Waals surface area contributed by atoms with Crippen molar-refractivity contribution in [1.82, 2.24) is 4.90 Å². The predicted molar refractivity (Wildman–Crippen MR) is 100 cm³/mol. The minimum absolute atomic E-state index is 0.0285. The van der Waals surface area contributed by atoms with Crippen LogP contribution in [0.15, 0.2) is 42.5 Å². The molecule has 0 fully saturated rings. The van der Waals surface area contributed by atoms with Crippen molar-refractivity contribution in [2.45, 2.75) is 13.0 Å². The van der Waals surface area contributed by atoms with E-state index in [1.807, 2.05) is 43.4 Å². The molecule has 0 bridgehead atoms. The summed E-state index contributed by atoms with van der Waals surface area (Å²) in [7, 11) is 3.65. The fourth-order valence-electron chi connectivity index (χ4n) is 2.80. The molecule has 0 atom stereocenters. The maximum Gasteiger partial charge on any atom is 0.225 e. The molecule has 0 saturated carbocycles. The normalized spacial score (nSPS) is 12.7. The number of carbonyl (C=O) groups excluding carboxylic acids is 1. The molecule has 2 aromatic carbocycles. The van der Waals surface area contributed by atoms with Crippen molar-refractivity contribution >= 4 is 11.6 Å². The Balaban J connectivity index is 1.47. The molecular weight excluding hydrogens is 332 g/mol. The van der Waals surface area contributed by atoms with Gasteiger partial charge in [-0.3, -0.25) is 4.79 Å². The first-order valence-electron chi connectivity index (χ1n) is 8.65. The Kier molecular flexibility index (Phi) is 5.96. The Labute approximate surface area is 153 Å². The second-order valence-corrected chi connectivity index (χ2v) is 6.25. The molecule has 1 amide bonds. The summed E-state index contributed by atoms with van der Waals surface area (Å²) in [5, 5.41) is 2.91. The van der Waals surface area contributed by atoms with E-state index >= 15 is 0 Å². The third kappa shape index (κ3) is 4.89. The Bertz CT molecular complexity index is 763. The van der Waals surface area contributed by atoms with Crippen LogP contribution in [0.1, 0.15) is 12.0 Å². The Morgan fingerprint density at radius 2 is 1.96 bits per heavy atom. The summed E-state index contributed by atoms with van der Waals surface area (Å²) in [6.07, 6.45) is 0.412. The standard InChI is InChI=1S/C20H24N2O4/c1-22(14-15-4-3-5-17(12-15)24-2)9-8-20(23)21-16-6-7-18-19(13-16)26-11-10-25-18/h3-7,12-13H,8-11,14H2,1-2H3,(H,21,23). The van der Waals surface area contributed by atoms with Crippen LogP contribution in [-0.2, 0) is 11.3 Å². The number of ether oxygens (including phenoxy) is 3. The van der Waals surface area contributed by atoms with Gasteiger partial charge in [0.2, 0.25) is 5.91 Å². The van der Waals surface area contributed by atoms with Crippen molar-refractivity contribution < 1.29 is 19.0 Å². The second-order valence-electron chi connectivity index (χ2n) is 6.25. The molecule has 1 aliphatic rings. The maximum absolute atomic E-state index is 12.2. The molecule has 6 heteroatoms. The molecule has 6 nitrogen and oxygen atoms in total. The molecule has 0 radical (unpaired) electrons. The van der Waals surface area contributed by atoms with Crippen LogP contribution in [0.3, 0.4) is 0 Å². The molecule has 138 valence electrons. The van der Waals surface area contributed by atoms with Crippen LogP contribution in [0.4, 0.5) is 5.69 Å². The van der Waals surface area contributed by atoms with Gasteiger partial charge in [-0.2, -0.15) is 0 Å². The summed E-state index contributed by atoms with van der Waals surface area (Å²) < 4.78 is 16.3. The van der Waals surface area contributed by atoms with Crippen molar-refractivity contribution in [2.75, 3.05) is 39.2 Å². The number of methoxy groups -OCH3 is 1. The molecule has 0 spiro atoms. The van der Waals surface area contributed by atoms with Crippen molar-refractivity contribution in [1.29, 1.82) is 0 Å². The smallest absolute Gasteiger partial charge is 0.225 e. The summed E-state index contributed by atoms with van der Waals surface area (Å²) >= 11 is 0. The molecule has 3 rings (SSSR count). The first-order valence-corrected chi connectivity index (χ1v) is 8.65. The van der Waals surface area contributed by atoms with Gasteiger partial charge < -0.3 is 24.4 Å². The summed E-state index contributed by atoms with van der Waals surface area (Å²) in [6, 6.07) is 13.4. The fourth-order valence-corrected chi connectivity index (χ4v) is 2.80. The predicted octanol–water partition coefficient (Wildman–Crippen LogP) is 2.93. The average molecular weight is 356 g/mol. The van der Waals surface area contributed by atoms with Gasteiger partial charge in [0.15, 0.2) is 11.5 Å². The number of hydrogen-bond donors (Lipinski definition) is 1. The Morgan fingerprint density at radius 3 is 2.77 bits per heavy atom. The highest BCUT2D eigenvalue weighted by Gasteiger charge is 2.13. The highest BCUT2D eigenvalue weighted by atomic mass is 16.6. The van der Waals surface area contributed by atoms with E-state index in [1.54, 1.807) is 13.2 Å². The molecule has 1 aliphatic heterocycles. The lowest BCUT2D eigenvalue weighted by atomic mass is 10.2. The molecule has 0 unspecified atom stereocenters.